The molecule has 3 heteroatoms. The van der Waals surface area contributed by atoms with Gasteiger partial charge in [0.1, 0.15) is 11.4 Å². The lowest BCUT2D eigenvalue weighted by molar-refractivity contribution is 0.319. The third-order valence-electron chi connectivity index (χ3n) is 3.21. The Balaban J connectivity index is 2.17. The first-order valence-electron chi connectivity index (χ1n) is 6.58. The number of fused-ring (bicyclic) bond motifs is 1. The Morgan fingerprint density at radius 2 is 2.06 bits per heavy atom. The molecule has 0 amide bonds. The van der Waals surface area contributed by atoms with Gasteiger partial charge in [0.25, 0.3) is 0 Å². The fraction of sp³-hybridized carbons (Fsp3) is 0.571. The molecule has 0 spiro atoms. The van der Waals surface area contributed by atoms with Gasteiger partial charge in [0.15, 0.2) is 0 Å². The topological polar surface area (TPSA) is 33.3 Å². The molecule has 3 nitrogen and oxygen atoms in total. The van der Waals surface area contributed by atoms with Crippen LogP contribution >= 0.6 is 0 Å². The molecule has 1 aromatic rings. The summed E-state index contributed by atoms with van der Waals surface area (Å²) in [5, 5.41) is 7.02. The molecule has 1 atom stereocenters. The minimum Gasteiger partial charge on any atom is -0.491 e. The maximum atomic E-state index is 5.78. The van der Waals surface area contributed by atoms with Crippen molar-refractivity contribution in [3.63, 3.8) is 0 Å². The average molecular weight is 234 g/mol. The van der Waals surface area contributed by atoms with Crippen LogP contribution in [0.2, 0.25) is 0 Å². The number of anilines is 2. The molecule has 1 aliphatic heterocycles. The molecule has 1 aromatic carbocycles. The van der Waals surface area contributed by atoms with E-state index in [2.05, 4.69) is 30.5 Å². The second kappa shape index (κ2) is 5.80. The van der Waals surface area contributed by atoms with E-state index in [0.29, 0.717) is 5.92 Å². The molecule has 1 aliphatic rings. The lowest BCUT2D eigenvalue weighted by atomic mass is 10.1. The molecule has 1 heterocycles. The predicted molar refractivity (Wildman–Crippen MR) is 73.0 cm³/mol. The maximum Gasteiger partial charge on any atom is 0.144 e. The minimum absolute atomic E-state index is 0.682. The number of rotatable bonds is 4. The van der Waals surface area contributed by atoms with Crippen molar-refractivity contribution in [1.82, 2.24) is 0 Å². The Bertz CT molecular complexity index is 365. The zero-order valence-corrected chi connectivity index (χ0v) is 10.8. The quantitative estimate of drug-likeness (QED) is 0.838. The summed E-state index contributed by atoms with van der Waals surface area (Å²) in [6.07, 6.45) is 2.23. The van der Waals surface area contributed by atoms with Crippen LogP contribution in [0.25, 0.3) is 0 Å². The van der Waals surface area contributed by atoms with Crippen LogP contribution in [-0.4, -0.2) is 19.7 Å². The van der Waals surface area contributed by atoms with E-state index in [9.17, 15) is 0 Å². The Morgan fingerprint density at radius 1 is 1.24 bits per heavy atom. The third-order valence-corrected chi connectivity index (χ3v) is 3.21. The van der Waals surface area contributed by atoms with Crippen molar-refractivity contribution in [3.8, 4) is 5.75 Å². The average Bonchev–Trinajstić information content (AvgIpc) is 2.58. The molecule has 0 radical (unpaired) electrons. The second-order valence-corrected chi connectivity index (χ2v) is 4.56. The predicted octanol–water partition coefficient (Wildman–Crippen LogP) is 3.34. The van der Waals surface area contributed by atoms with E-state index in [1.165, 1.54) is 6.42 Å². The molecular weight excluding hydrogens is 212 g/mol. The summed E-state index contributed by atoms with van der Waals surface area (Å²) in [5.74, 6) is 1.65. The highest BCUT2D eigenvalue weighted by Gasteiger charge is 2.16. The van der Waals surface area contributed by atoms with Crippen LogP contribution in [0, 0.1) is 5.92 Å². The summed E-state index contributed by atoms with van der Waals surface area (Å²) in [6, 6.07) is 6.19. The van der Waals surface area contributed by atoms with Gasteiger partial charge in [0, 0.05) is 13.1 Å². The molecule has 17 heavy (non-hydrogen) atoms. The van der Waals surface area contributed by atoms with E-state index in [4.69, 9.17) is 4.74 Å². The fourth-order valence-corrected chi connectivity index (χ4v) is 2.05. The zero-order chi connectivity index (χ0) is 12.1. The van der Waals surface area contributed by atoms with E-state index in [0.717, 1.165) is 43.2 Å². The van der Waals surface area contributed by atoms with E-state index in [-0.39, 0.29) is 0 Å². The monoisotopic (exact) mass is 234 g/mol. The molecule has 1 unspecified atom stereocenters. The SMILES string of the molecule is CCCOc1cccc2c1NCC(CC)CN2. The first-order valence-corrected chi connectivity index (χ1v) is 6.58. The molecule has 0 fully saturated rings. The van der Waals surface area contributed by atoms with Gasteiger partial charge in [0.2, 0.25) is 0 Å². The Morgan fingerprint density at radius 3 is 2.82 bits per heavy atom. The van der Waals surface area contributed by atoms with Crippen molar-refractivity contribution < 1.29 is 4.74 Å². The highest BCUT2D eigenvalue weighted by Crippen LogP contribution is 2.34. The van der Waals surface area contributed by atoms with Crippen LogP contribution in [0.15, 0.2) is 18.2 Å². The molecule has 0 aliphatic carbocycles. The Labute approximate surface area is 104 Å². The summed E-state index contributed by atoms with van der Waals surface area (Å²) in [7, 11) is 0. The summed E-state index contributed by atoms with van der Waals surface area (Å²) in [4.78, 5) is 0. The van der Waals surface area contributed by atoms with Crippen LogP contribution in [0.4, 0.5) is 11.4 Å². The zero-order valence-electron chi connectivity index (χ0n) is 10.8. The Hall–Kier alpha value is -1.38. The van der Waals surface area contributed by atoms with Crippen molar-refractivity contribution in [3.05, 3.63) is 18.2 Å². The van der Waals surface area contributed by atoms with Crippen molar-refractivity contribution in [2.75, 3.05) is 30.3 Å². The van der Waals surface area contributed by atoms with E-state index in [1.54, 1.807) is 0 Å². The first-order chi connectivity index (χ1) is 8.35. The summed E-state index contributed by atoms with van der Waals surface area (Å²) in [5.41, 5.74) is 2.28. The van der Waals surface area contributed by atoms with Gasteiger partial charge in [-0.05, 0) is 30.9 Å². The van der Waals surface area contributed by atoms with Gasteiger partial charge in [0.05, 0.1) is 12.3 Å². The molecule has 94 valence electrons. The number of para-hydroxylation sites is 1. The standard InChI is InChI=1S/C14H22N2O/c1-3-8-17-13-7-5-6-12-14(13)16-10-11(4-2)9-15-12/h5-7,11,15-16H,3-4,8-10H2,1-2H3. The van der Waals surface area contributed by atoms with Crippen LogP contribution in [0.3, 0.4) is 0 Å². The lowest BCUT2D eigenvalue weighted by Gasteiger charge is -2.14. The number of benzene rings is 1. The van der Waals surface area contributed by atoms with Gasteiger partial charge >= 0.3 is 0 Å². The van der Waals surface area contributed by atoms with Gasteiger partial charge in [-0.1, -0.05) is 19.9 Å². The van der Waals surface area contributed by atoms with Crippen molar-refractivity contribution >= 4 is 11.4 Å². The highest BCUT2D eigenvalue weighted by molar-refractivity contribution is 5.76. The normalized spacial score (nSPS) is 18.6. The molecular formula is C14H22N2O. The summed E-state index contributed by atoms with van der Waals surface area (Å²) >= 11 is 0. The van der Waals surface area contributed by atoms with Gasteiger partial charge < -0.3 is 15.4 Å². The molecule has 2 N–H and O–H groups in total. The largest absolute Gasteiger partial charge is 0.491 e. The van der Waals surface area contributed by atoms with Crippen LogP contribution in [0.1, 0.15) is 26.7 Å². The lowest BCUT2D eigenvalue weighted by Crippen LogP contribution is -2.17. The van der Waals surface area contributed by atoms with E-state index < -0.39 is 0 Å². The molecule has 2 rings (SSSR count). The third kappa shape index (κ3) is 2.84. The number of hydrogen-bond acceptors (Lipinski definition) is 3. The maximum absolute atomic E-state index is 5.78. The summed E-state index contributed by atoms with van der Waals surface area (Å²) in [6.45, 7) is 7.19. The number of hydrogen-bond donors (Lipinski definition) is 2. The molecule has 0 saturated heterocycles. The summed E-state index contributed by atoms with van der Waals surface area (Å²) < 4.78 is 5.78. The van der Waals surface area contributed by atoms with E-state index in [1.807, 2.05) is 12.1 Å². The van der Waals surface area contributed by atoms with Crippen LogP contribution in [0.5, 0.6) is 5.75 Å². The van der Waals surface area contributed by atoms with Crippen molar-refractivity contribution in [2.45, 2.75) is 26.7 Å². The van der Waals surface area contributed by atoms with Gasteiger partial charge in [-0.15, -0.1) is 0 Å². The highest BCUT2D eigenvalue weighted by atomic mass is 16.5. The van der Waals surface area contributed by atoms with Crippen LogP contribution in [-0.2, 0) is 0 Å². The number of nitrogens with one attached hydrogen (secondary N) is 2. The molecule has 0 saturated carbocycles. The van der Waals surface area contributed by atoms with Gasteiger partial charge in [-0.3, -0.25) is 0 Å². The van der Waals surface area contributed by atoms with Crippen LogP contribution < -0.4 is 15.4 Å². The minimum atomic E-state index is 0.682. The Kier molecular flexibility index (Phi) is 4.13. The molecule has 0 bridgehead atoms. The van der Waals surface area contributed by atoms with Gasteiger partial charge in [-0.25, -0.2) is 0 Å². The van der Waals surface area contributed by atoms with E-state index >= 15 is 0 Å². The van der Waals surface area contributed by atoms with Crippen molar-refractivity contribution in [2.24, 2.45) is 5.92 Å². The number of ether oxygens (including phenoxy) is 1. The second-order valence-electron chi connectivity index (χ2n) is 4.56. The van der Waals surface area contributed by atoms with Crippen molar-refractivity contribution in [1.29, 1.82) is 0 Å². The smallest absolute Gasteiger partial charge is 0.144 e. The first kappa shape index (κ1) is 12.1. The molecule has 0 aromatic heterocycles. The fourth-order valence-electron chi connectivity index (χ4n) is 2.05. The van der Waals surface area contributed by atoms with Gasteiger partial charge in [-0.2, -0.15) is 0 Å².